The highest BCUT2D eigenvalue weighted by Gasteiger charge is 2.27. The second-order valence-electron chi connectivity index (χ2n) is 8.18. The predicted octanol–water partition coefficient (Wildman–Crippen LogP) is 4.10. The minimum Gasteiger partial charge on any atom is -0.327 e. The lowest BCUT2D eigenvalue weighted by Gasteiger charge is -2.36. The Morgan fingerprint density at radius 2 is 1.75 bits per heavy atom. The lowest BCUT2D eigenvalue weighted by Crippen LogP contribution is -2.41. The summed E-state index contributed by atoms with van der Waals surface area (Å²) < 4.78 is 2.44. The van der Waals surface area contributed by atoms with Crippen molar-refractivity contribution in [2.45, 2.75) is 51.1 Å². The van der Waals surface area contributed by atoms with Gasteiger partial charge in [-0.25, -0.2) is 4.98 Å². The summed E-state index contributed by atoms with van der Waals surface area (Å²) in [7, 11) is 0. The number of hydrogen-bond acceptors (Lipinski definition) is 3. The molecule has 1 saturated carbocycles. The fourth-order valence-electron chi connectivity index (χ4n) is 4.56. The van der Waals surface area contributed by atoms with Crippen LogP contribution < -0.4 is 0 Å². The van der Waals surface area contributed by atoms with Crippen LogP contribution in [0.2, 0.25) is 0 Å². The number of benzene rings is 2. The molecule has 2 aliphatic rings. The van der Waals surface area contributed by atoms with Gasteiger partial charge in [0.1, 0.15) is 5.82 Å². The third-order valence-corrected chi connectivity index (χ3v) is 6.50. The number of hydrogen-bond donors (Lipinski definition) is 0. The molecule has 0 saturated heterocycles. The smallest absolute Gasteiger partial charge is 0.111 e. The number of rotatable bonds is 4. The number of nitriles is 1. The highest BCUT2D eigenvalue weighted by atomic mass is 15.2. The second kappa shape index (κ2) is 7.41. The highest BCUT2D eigenvalue weighted by molar-refractivity contribution is 5.77. The molecule has 0 bridgehead atoms. The molecule has 4 heteroatoms. The van der Waals surface area contributed by atoms with Crippen LogP contribution in [0.3, 0.4) is 0 Å². The molecule has 1 aromatic heterocycles. The van der Waals surface area contributed by atoms with E-state index < -0.39 is 0 Å². The van der Waals surface area contributed by atoms with Crippen molar-refractivity contribution < 1.29 is 0 Å². The van der Waals surface area contributed by atoms with Gasteiger partial charge < -0.3 is 4.57 Å². The number of imidazole rings is 1. The minimum absolute atomic E-state index is 0.723. The number of aromatic nitrogens is 2. The van der Waals surface area contributed by atoms with Crippen molar-refractivity contribution in [1.29, 1.82) is 5.26 Å². The fraction of sp³-hybridized carbons (Fsp3) is 0.417. The average Bonchev–Trinajstić information content (AvgIpc) is 2.91. The summed E-state index contributed by atoms with van der Waals surface area (Å²) >= 11 is 0. The Bertz CT molecular complexity index is 1020. The van der Waals surface area contributed by atoms with Crippen LogP contribution in [-0.4, -0.2) is 33.6 Å². The Balaban J connectivity index is 1.30. The van der Waals surface area contributed by atoms with Crippen LogP contribution in [0.25, 0.3) is 11.0 Å². The van der Waals surface area contributed by atoms with E-state index in [-0.39, 0.29) is 0 Å². The van der Waals surface area contributed by atoms with Gasteiger partial charge in [0.15, 0.2) is 0 Å². The average molecular weight is 371 g/mol. The first-order chi connectivity index (χ1) is 13.8. The molecule has 28 heavy (non-hydrogen) atoms. The number of fused-ring (bicyclic) bond motifs is 3. The molecule has 1 aliphatic carbocycles. The van der Waals surface area contributed by atoms with E-state index in [1.807, 2.05) is 12.1 Å². The molecule has 142 valence electrons. The molecule has 0 N–H and O–H groups in total. The molecule has 3 aromatic rings. The molecule has 0 atom stereocenters. The first-order valence-corrected chi connectivity index (χ1v) is 10.5. The fourth-order valence-corrected chi connectivity index (χ4v) is 4.56. The van der Waals surface area contributed by atoms with Crippen LogP contribution in [0.15, 0.2) is 42.5 Å². The topological polar surface area (TPSA) is 44.9 Å². The zero-order valence-corrected chi connectivity index (χ0v) is 16.3. The first-order valence-electron chi connectivity index (χ1n) is 10.5. The van der Waals surface area contributed by atoms with Gasteiger partial charge in [-0.2, -0.15) is 5.26 Å². The minimum atomic E-state index is 0.723. The zero-order chi connectivity index (χ0) is 18.9. The predicted molar refractivity (Wildman–Crippen MR) is 111 cm³/mol. The van der Waals surface area contributed by atoms with E-state index in [1.165, 1.54) is 41.7 Å². The maximum atomic E-state index is 8.92. The molecule has 2 aromatic carbocycles. The third kappa shape index (κ3) is 3.31. The van der Waals surface area contributed by atoms with Crippen LogP contribution in [0.1, 0.15) is 41.8 Å². The normalized spacial score (nSPS) is 17.7. The van der Waals surface area contributed by atoms with E-state index in [9.17, 15) is 0 Å². The third-order valence-electron chi connectivity index (χ3n) is 6.50. The van der Waals surface area contributed by atoms with E-state index in [1.54, 1.807) is 0 Å². The van der Waals surface area contributed by atoms with Crippen molar-refractivity contribution in [3.8, 4) is 6.07 Å². The molecule has 4 nitrogen and oxygen atoms in total. The summed E-state index contributed by atoms with van der Waals surface area (Å²) in [6.07, 6.45) is 7.21. The molecular weight excluding hydrogens is 344 g/mol. The Morgan fingerprint density at radius 3 is 2.50 bits per heavy atom. The molecule has 0 unspecified atom stereocenters. The Kier molecular flexibility index (Phi) is 4.62. The number of nitrogens with zero attached hydrogens (tertiary/aromatic N) is 4. The molecule has 2 heterocycles. The van der Waals surface area contributed by atoms with Crippen molar-refractivity contribution >= 4 is 11.0 Å². The summed E-state index contributed by atoms with van der Waals surface area (Å²) in [5.41, 5.74) is 5.76. The summed E-state index contributed by atoms with van der Waals surface area (Å²) in [6.45, 7) is 3.37. The van der Waals surface area contributed by atoms with E-state index in [0.29, 0.717) is 0 Å². The van der Waals surface area contributed by atoms with Gasteiger partial charge in [0.05, 0.1) is 22.7 Å². The highest BCUT2D eigenvalue weighted by Crippen LogP contribution is 2.27. The van der Waals surface area contributed by atoms with Crippen molar-refractivity contribution in [2.24, 2.45) is 0 Å². The summed E-state index contributed by atoms with van der Waals surface area (Å²) in [4.78, 5) is 7.67. The van der Waals surface area contributed by atoms with Crippen molar-refractivity contribution in [3.05, 3.63) is 65.0 Å². The van der Waals surface area contributed by atoms with E-state index >= 15 is 0 Å². The maximum absolute atomic E-state index is 8.92. The Labute approximate surface area is 166 Å². The summed E-state index contributed by atoms with van der Waals surface area (Å²) in [5.74, 6) is 1.25. The quantitative estimate of drug-likeness (QED) is 0.694. The largest absolute Gasteiger partial charge is 0.327 e. The van der Waals surface area contributed by atoms with Gasteiger partial charge in [0, 0.05) is 32.1 Å². The van der Waals surface area contributed by atoms with Gasteiger partial charge >= 0.3 is 0 Å². The van der Waals surface area contributed by atoms with Crippen LogP contribution >= 0.6 is 0 Å². The van der Waals surface area contributed by atoms with Crippen molar-refractivity contribution in [2.75, 3.05) is 13.1 Å². The van der Waals surface area contributed by atoms with Crippen LogP contribution in [0, 0.1) is 11.3 Å². The molecular formula is C24H26N4. The molecule has 1 aliphatic heterocycles. The zero-order valence-electron chi connectivity index (χ0n) is 16.3. The molecule has 5 rings (SSSR count). The standard InChI is InChI=1S/C24H26N4/c25-17-20-8-5-18(6-9-20)4-7-19-10-11-23-22(16-19)26-24-12-13-27(14-15-28(23)24)21-2-1-3-21/h5-6,8-11,16,21H,1-4,7,12-15H2. The molecule has 1 fully saturated rings. The van der Waals surface area contributed by atoms with E-state index in [2.05, 4.69) is 45.9 Å². The Hall–Kier alpha value is -2.64. The SMILES string of the molecule is N#Cc1ccc(CCc2ccc3c(c2)nc2n3CCN(C3CCC3)CC2)cc1. The van der Waals surface area contributed by atoms with Crippen molar-refractivity contribution in [1.82, 2.24) is 14.5 Å². The van der Waals surface area contributed by atoms with E-state index in [0.717, 1.165) is 56.0 Å². The molecule has 0 amide bonds. The van der Waals surface area contributed by atoms with Gasteiger partial charge in [-0.05, 0) is 61.1 Å². The van der Waals surface area contributed by atoms with Gasteiger partial charge in [-0.1, -0.05) is 24.6 Å². The van der Waals surface area contributed by atoms with E-state index in [4.69, 9.17) is 10.2 Å². The molecule has 0 radical (unpaired) electrons. The lowest BCUT2D eigenvalue weighted by atomic mass is 9.91. The van der Waals surface area contributed by atoms with Gasteiger partial charge in [0.25, 0.3) is 0 Å². The van der Waals surface area contributed by atoms with Gasteiger partial charge in [-0.3, -0.25) is 4.90 Å². The molecule has 0 spiro atoms. The van der Waals surface area contributed by atoms with Crippen LogP contribution in [-0.2, 0) is 25.8 Å². The van der Waals surface area contributed by atoms with Crippen LogP contribution in [0.4, 0.5) is 0 Å². The first kappa shape index (κ1) is 17.5. The summed E-state index contributed by atoms with van der Waals surface area (Å²) in [6, 6.07) is 17.7. The van der Waals surface area contributed by atoms with Crippen molar-refractivity contribution in [3.63, 3.8) is 0 Å². The van der Waals surface area contributed by atoms with Gasteiger partial charge in [0.2, 0.25) is 0 Å². The lowest BCUT2D eigenvalue weighted by molar-refractivity contribution is 0.130. The van der Waals surface area contributed by atoms with Gasteiger partial charge in [-0.15, -0.1) is 0 Å². The summed E-state index contributed by atoms with van der Waals surface area (Å²) in [5, 5.41) is 8.92. The second-order valence-corrected chi connectivity index (χ2v) is 8.18. The van der Waals surface area contributed by atoms with Crippen LogP contribution in [0.5, 0.6) is 0 Å². The number of aryl methyl sites for hydroxylation is 2. The Morgan fingerprint density at radius 1 is 0.964 bits per heavy atom. The monoisotopic (exact) mass is 370 g/mol. The maximum Gasteiger partial charge on any atom is 0.111 e.